The molecule has 2 amide bonds. The van der Waals surface area contributed by atoms with Crippen LogP contribution < -0.4 is 4.90 Å². The first-order valence-electron chi connectivity index (χ1n) is 8.69. The zero-order valence-electron chi connectivity index (χ0n) is 14.6. The molecule has 3 rings (SSSR count). The Bertz CT molecular complexity index is 826. The molecule has 0 unspecified atom stereocenters. The smallest absolute Gasteiger partial charge is 0.256 e. The summed E-state index contributed by atoms with van der Waals surface area (Å²) in [6, 6.07) is 14.0. The van der Waals surface area contributed by atoms with Crippen molar-refractivity contribution in [2.45, 2.75) is 18.9 Å². The summed E-state index contributed by atoms with van der Waals surface area (Å²) in [7, 11) is 0. The second-order valence-electron chi connectivity index (χ2n) is 6.36. The van der Waals surface area contributed by atoms with Gasteiger partial charge in [-0.2, -0.15) is 0 Å². The summed E-state index contributed by atoms with van der Waals surface area (Å²) in [5, 5.41) is 0. The van der Waals surface area contributed by atoms with Crippen LogP contribution in [-0.4, -0.2) is 41.7 Å². The molecule has 0 radical (unpaired) electrons. The predicted molar refractivity (Wildman–Crippen MR) is 108 cm³/mol. The lowest BCUT2D eigenvalue weighted by molar-refractivity contribution is -0.116. The van der Waals surface area contributed by atoms with E-state index in [0.717, 1.165) is 5.69 Å². The van der Waals surface area contributed by atoms with Gasteiger partial charge in [-0.05, 0) is 53.0 Å². The highest BCUT2D eigenvalue weighted by Crippen LogP contribution is 2.26. The molecule has 0 aromatic heterocycles. The number of anilines is 1. The topological polar surface area (TPSA) is 40.6 Å². The molecule has 0 saturated carbocycles. The van der Waals surface area contributed by atoms with Crippen LogP contribution in [0.15, 0.2) is 53.0 Å². The highest BCUT2D eigenvalue weighted by atomic mass is 79.9. The van der Waals surface area contributed by atoms with Crippen LogP contribution in [0.3, 0.4) is 0 Å². The summed E-state index contributed by atoms with van der Waals surface area (Å²) in [6.45, 7) is 0.905. The SMILES string of the molecule is O=C(c1cccc(Br)c1F)N1CCC(N(C(=O)CCl)c2ccccc2)CC1. The van der Waals surface area contributed by atoms with E-state index < -0.39 is 5.82 Å². The Morgan fingerprint density at radius 3 is 2.41 bits per heavy atom. The highest BCUT2D eigenvalue weighted by Gasteiger charge is 2.31. The van der Waals surface area contributed by atoms with Gasteiger partial charge < -0.3 is 9.80 Å². The molecule has 0 N–H and O–H groups in total. The predicted octanol–water partition coefficient (Wildman–Crippen LogP) is 4.46. The maximum absolute atomic E-state index is 14.2. The minimum absolute atomic E-state index is 0.0462. The van der Waals surface area contributed by atoms with E-state index in [9.17, 15) is 14.0 Å². The van der Waals surface area contributed by atoms with Crippen molar-refractivity contribution >= 4 is 45.0 Å². The summed E-state index contributed by atoms with van der Waals surface area (Å²) in [6.07, 6.45) is 1.22. The molecule has 1 fully saturated rings. The van der Waals surface area contributed by atoms with E-state index in [-0.39, 0.29) is 33.8 Å². The van der Waals surface area contributed by atoms with Crippen molar-refractivity contribution in [1.29, 1.82) is 0 Å². The number of nitrogens with zero attached hydrogens (tertiary/aromatic N) is 2. The first-order chi connectivity index (χ1) is 13.0. The van der Waals surface area contributed by atoms with Crippen LogP contribution in [0, 0.1) is 5.82 Å². The summed E-state index contributed by atoms with van der Waals surface area (Å²) in [4.78, 5) is 28.4. The number of hydrogen-bond acceptors (Lipinski definition) is 2. The third kappa shape index (κ3) is 4.33. The molecular formula is C20H19BrClFN2O2. The molecule has 0 spiro atoms. The fourth-order valence-corrected chi connectivity index (χ4v) is 3.87. The molecule has 7 heteroatoms. The average Bonchev–Trinajstić information content (AvgIpc) is 2.71. The fourth-order valence-electron chi connectivity index (χ4n) is 3.38. The van der Waals surface area contributed by atoms with Crippen LogP contribution >= 0.6 is 27.5 Å². The summed E-state index contributed by atoms with van der Waals surface area (Å²) in [5.74, 6) is -1.14. The van der Waals surface area contributed by atoms with E-state index in [1.165, 1.54) is 6.07 Å². The maximum atomic E-state index is 14.2. The Morgan fingerprint density at radius 2 is 1.78 bits per heavy atom. The minimum Gasteiger partial charge on any atom is -0.338 e. The van der Waals surface area contributed by atoms with Gasteiger partial charge >= 0.3 is 0 Å². The van der Waals surface area contributed by atoms with Gasteiger partial charge in [0.1, 0.15) is 11.7 Å². The van der Waals surface area contributed by atoms with Gasteiger partial charge in [-0.15, -0.1) is 11.6 Å². The number of benzene rings is 2. The van der Waals surface area contributed by atoms with Crippen LogP contribution in [0.5, 0.6) is 0 Å². The lowest BCUT2D eigenvalue weighted by Crippen LogP contribution is -2.49. The zero-order chi connectivity index (χ0) is 19.4. The molecule has 1 aliphatic heterocycles. The Labute approximate surface area is 171 Å². The van der Waals surface area contributed by atoms with Crippen LogP contribution in [0.1, 0.15) is 23.2 Å². The average molecular weight is 454 g/mol. The van der Waals surface area contributed by atoms with E-state index in [2.05, 4.69) is 15.9 Å². The Hall–Kier alpha value is -1.92. The minimum atomic E-state index is -0.548. The summed E-state index contributed by atoms with van der Waals surface area (Å²) < 4.78 is 14.5. The van der Waals surface area contributed by atoms with Crippen molar-refractivity contribution in [3.05, 3.63) is 64.4 Å². The van der Waals surface area contributed by atoms with Crippen LogP contribution in [-0.2, 0) is 4.79 Å². The molecule has 2 aromatic rings. The molecule has 0 atom stereocenters. The van der Waals surface area contributed by atoms with E-state index in [1.807, 2.05) is 30.3 Å². The van der Waals surface area contributed by atoms with Crippen LogP contribution in [0.4, 0.5) is 10.1 Å². The lowest BCUT2D eigenvalue weighted by Gasteiger charge is -2.38. The number of halogens is 3. The molecule has 2 aromatic carbocycles. The van der Waals surface area contributed by atoms with Crippen molar-refractivity contribution in [3.63, 3.8) is 0 Å². The molecule has 4 nitrogen and oxygen atoms in total. The molecule has 142 valence electrons. The largest absolute Gasteiger partial charge is 0.338 e. The second kappa shape index (κ2) is 8.85. The lowest BCUT2D eigenvalue weighted by atomic mass is 10.0. The monoisotopic (exact) mass is 452 g/mol. The standard InChI is InChI=1S/C20H19BrClFN2O2/c21-17-8-4-7-16(19(17)23)20(27)24-11-9-15(10-12-24)25(18(26)13-22)14-5-2-1-3-6-14/h1-8,15H,9-13H2. The van der Waals surface area contributed by atoms with Crippen molar-refractivity contribution in [2.24, 2.45) is 0 Å². The van der Waals surface area contributed by atoms with E-state index >= 15 is 0 Å². The Morgan fingerprint density at radius 1 is 1.11 bits per heavy atom. The van der Waals surface area contributed by atoms with Gasteiger partial charge in [0.25, 0.3) is 5.91 Å². The van der Waals surface area contributed by atoms with Crippen molar-refractivity contribution in [2.75, 3.05) is 23.9 Å². The van der Waals surface area contributed by atoms with Gasteiger partial charge in [0.15, 0.2) is 0 Å². The van der Waals surface area contributed by atoms with Crippen LogP contribution in [0.2, 0.25) is 0 Å². The number of carbonyl (C=O) groups is 2. The number of carbonyl (C=O) groups excluding carboxylic acids is 2. The Balaban J connectivity index is 1.72. The number of amides is 2. The van der Waals surface area contributed by atoms with Gasteiger partial charge in [-0.1, -0.05) is 24.3 Å². The second-order valence-corrected chi connectivity index (χ2v) is 7.48. The first-order valence-corrected chi connectivity index (χ1v) is 10.0. The van der Waals surface area contributed by atoms with E-state index in [0.29, 0.717) is 25.9 Å². The third-order valence-electron chi connectivity index (χ3n) is 4.72. The van der Waals surface area contributed by atoms with E-state index in [4.69, 9.17) is 11.6 Å². The van der Waals surface area contributed by atoms with Crippen molar-refractivity contribution in [1.82, 2.24) is 4.90 Å². The Kier molecular flexibility index (Phi) is 6.50. The molecule has 0 bridgehead atoms. The number of hydrogen-bond donors (Lipinski definition) is 0. The van der Waals surface area contributed by atoms with Gasteiger partial charge in [0, 0.05) is 24.8 Å². The van der Waals surface area contributed by atoms with Gasteiger partial charge in [-0.25, -0.2) is 4.39 Å². The van der Waals surface area contributed by atoms with Gasteiger partial charge in [0.2, 0.25) is 5.91 Å². The van der Waals surface area contributed by atoms with Crippen LogP contribution in [0.25, 0.3) is 0 Å². The maximum Gasteiger partial charge on any atom is 0.256 e. The molecule has 1 heterocycles. The van der Waals surface area contributed by atoms with Gasteiger partial charge in [0.05, 0.1) is 10.0 Å². The number of para-hydroxylation sites is 1. The fraction of sp³-hybridized carbons (Fsp3) is 0.300. The summed E-state index contributed by atoms with van der Waals surface area (Å²) in [5.41, 5.74) is 0.852. The summed E-state index contributed by atoms with van der Waals surface area (Å²) >= 11 is 8.92. The molecule has 1 saturated heterocycles. The number of likely N-dealkylation sites (tertiary alicyclic amines) is 1. The third-order valence-corrected chi connectivity index (χ3v) is 5.56. The zero-order valence-corrected chi connectivity index (χ0v) is 16.9. The molecule has 27 heavy (non-hydrogen) atoms. The number of rotatable bonds is 4. The highest BCUT2D eigenvalue weighted by molar-refractivity contribution is 9.10. The normalized spacial score (nSPS) is 14.9. The van der Waals surface area contributed by atoms with Crippen molar-refractivity contribution in [3.8, 4) is 0 Å². The number of piperidine rings is 1. The first kappa shape index (κ1) is 19.8. The molecular weight excluding hydrogens is 435 g/mol. The number of alkyl halides is 1. The van der Waals surface area contributed by atoms with Gasteiger partial charge in [-0.3, -0.25) is 9.59 Å². The van der Waals surface area contributed by atoms with E-state index in [1.54, 1.807) is 21.9 Å². The van der Waals surface area contributed by atoms with Crippen molar-refractivity contribution < 1.29 is 14.0 Å². The molecule has 1 aliphatic rings. The quantitative estimate of drug-likeness (QED) is 0.641. The molecule has 0 aliphatic carbocycles.